The van der Waals surface area contributed by atoms with Gasteiger partial charge in [-0.2, -0.15) is 11.3 Å². The van der Waals surface area contributed by atoms with Crippen molar-refractivity contribution in [1.82, 2.24) is 9.88 Å². The van der Waals surface area contributed by atoms with Crippen LogP contribution in [0.4, 0.5) is 10.2 Å². The first-order chi connectivity index (χ1) is 9.63. The Morgan fingerprint density at radius 3 is 2.95 bits per heavy atom. The molecular formula is C14H16FN3OS. The molecule has 2 heterocycles. The average molecular weight is 293 g/mol. The van der Waals surface area contributed by atoms with E-state index in [2.05, 4.69) is 10.3 Å². The molecule has 0 saturated carbocycles. The fourth-order valence-electron chi connectivity index (χ4n) is 1.83. The number of nitrogens with zero attached hydrogens (tertiary/aromatic N) is 2. The van der Waals surface area contributed by atoms with Crippen molar-refractivity contribution >= 4 is 23.1 Å². The smallest absolute Gasteiger partial charge is 0.257 e. The predicted molar refractivity (Wildman–Crippen MR) is 78.5 cm³/mol. The predicted octanol–water partition coefficient (Wildman–Crippen LogP) is 2.99. The minimum atomic E-state index is -0.600. The summed E-state index contributed by atoms with van der Waals surface area (Å²) in [5.41, 5.74) is 1.07. The minimum absolute atomic E-state index is 0.0358. The highest BCUT2D eigenvalue weighted by Gasteiger charge is 2.19. The maximum atomic E-state index is 14.2. The van der Waals surface area contributed by atoms with Crippen LogP contribution in [0.3, 0.4) is 0 Å². The van der Waals surface area contributed by atoms with Gasteiger partial charge in [0.15, 0.2) is 11.6 Å². The number of hydrogen-bond acceptors (Lipinski definition) is 4. The second-order valence-electron chi connectivity index (χ2n) is 4.34. The summed E-state index contributed by atoms with van der Waals surface area (Å²) in [6.07, 6.45) is 1.44. The molecule has 20 heavy (non-hydrogen) atoms. The lowest BCUT2D eigenvalue weighted by Gasteiger charge is -2.17. The van der Waals surface area contributed by atoms with Crippen LogP contribution in [0.5, 0.6) is 0 Å². The van der Waals surface area contributed by atoms with Crippen molar-refractivity contribution < 1.29 is 9.18 Å². The molecule has 0 saturated heterocycles. The van der Waals surface area contributed by atoms with Crippen LogP contribution in [-0.4, -0.2) is 29.4 Å². The zero-order valence-corrected chi connectivity index (χ0v) is 12.2. The molecule has 0 aromatic carbocycles. The zero-order valence-electron chi connectivity index (χ0n) is 11.4. The summed E-state index contributed by atoms with van der Waals surface area (Å²) in [6.45, 7) is 2.85. The Balaban J connectivity index is 2.18. The van der Waals surface area contributed by atoms with E-state index < -0.39 is 5.82 Å². The fraction of sp³-hybridized carbons (Fsp3) is 0.286. The van der Waals surface area contributed by atoms with E-state index in [0.717, 1.165) is 5.56 Å². The SMILES string of the molecule is CCNc1nccc(C(=O)N(C)Cc2ccsc2)c1F. The van der Waals surface area contributed by atoms with Crippen LogP contribution in [0.1, 0.15) is 22.8 Å². The second-order valence-corrected chi connectivity index (χ2v) is 5.12. The minimum Gasteiger partial charge on any atom is -0.368 e. The molecule has 106 valence electrons. The lowest BCUT2D eigenvalue weighted by atomic mass is 10.2. The van der Waals surface area contributed by atoms with Crippen LogP contribution in [0.2, 0.25) is 0 Å². The lowest BCUT2D eigenvalue weighted by molar-refractivity contribution is 0.0780. The van der Waals surface area contributed by atoms with Gasteiger partial charge in [0.05, 0.1) is 5.56 Å². The third kappa shape index (κ3) is 3.14. The first-order valence-electron chi connectivity index (χ1n) is 6.28. The molecule has 0 spiro atoms. The van der Waals surface area contributed by atoms with E-state index in [0.29, 0.717) is 13.1 Å². The molecule has 0 fully saturated rings. The van der Waals surface area contributed by atoms with Crippen molar-refractivity contribution in [3.05, 3.63) is 46.0 Å². The Hall–Kier alpha value is -1.95. The summed E-state index contributed by atoms with van der Waals surface area (Å²) in [7, 11) is 1.66. The molecule has 1 amide bonds. The van der Waals surface area contributed by atoms with Crippen LogP contribution in [0.15, 0.2) is 29.1 Å². The van der Waals surface area contributed by atoms with Crippen LogP contribution in [0.25, 0.3) is 0 Å². The maximum Gasteiger partial charge on any atom is 0.257 e. The average Bonchev–Trinajstić information content (AvgIpc) is 2.93. The Labute approximate surface area is 121 Å². The first-order valence-corrected chi connectivity index (χ1v) is 7.22. The number of nitrogens with one attached hydrogen (secondary N) is 1. The highest BCUT2D eigenvalue weighted by atomic mass is 32.1. The van der Waals surface area contributed by atoms with Gasteiger partial charge in [0.25, 0.3) is 5.91 Å². The van der Waals surface area contributed by atoms with Crippen molar-refractivity contribution in [3.8, 4) is 0 Å². The van der Waals surface area contributed by atoms with Crippen molar-refractivity contribution in [2.45, 2.75) is 13.5 Å². The van der Waals surface area contributed by atoms with Crippen molar-refractivity contribution in [1.29, 1.82) is 0 Å². The number of halogens is 1. The van der Waals surface area contributed by atoms with Gasteiger partial charge in [-0.05, 0) is 35.4 Å². The number of rotatable bonds is 5. The lowest BCUT2D eigenvalue weighted by Crippen LogP contribution is -2.27. The molecule has 0 bridgehead atoms. The van der Waals surface area contributed by atoms with Crippen LogP contribution < -0.4 is 5.32 Å². The number of thiophene rings is 1. The van der Waals surface area contributed by atoms with E-state index in [4.69, 9.17) is 0 Å². The number of hydrogen-bond donors (Lipinski definition) is 1. The van der Waals surface area contributed by atoms with E-state index in [1.54, 1.807) is 18.4 Å². The van der Waals surface area contributed by atoms with Crippen molar-refractivity contribution in [2.75, 3.05) is 18.9 Å². The molecular weight excluding hydrogens is 277 g/mol. The van der Waals surface area contributed by atoms with Crippen LogP contribution >= 0.6 is 11.3 Å². The Bertz CT molecular complexity index is 586. The highest BCUT2D eigenvalue weighted by molar-refractivity contribution is 7.07. The van der Waals surface area contributed by atoms with Gasteiger partial charge in [0.1, 0.15) is 0 Å². The van der Waals surface area contributed by atoms with E-state index in [1.807, 2.05) is 23.8 Å². The number of carbonyl (C=O) groups excluding carboxylic acids is 1. The maximum absolute atomic E-state index is 14.2. The van der Waals surface area contributed by atoms with Gasteiger partial charge in [-0.3, -0.25) is 4.79 Å². The van der Waals surface area contributed by atoms with Gasteiger partial charge < -0.3 is 10.2 Å². The Morgan fingerprint density at radius 1 is 1.50 bits per heavy atom. The van der Waals surface area contributed by atoms with Gasteiger partial charge in [0.2, 0.25) is 0 Å². The molecule has 0 aliphatic heterocycles. The summed E-state index contributed by atoms with van der Waals surface area (Å²) in [5.74, 6) is -0.839. The molecule has 2 rings (SSSR count). The molecule has 0 atom stereocenters. The molecule has 2 aromatic heterocycles. The quantitative estimate of drug-likeness (QED) is 0.921. The number of amides is 1. The van der Waals surface area contributed by atoms with E-state index in [1.165, 1.54) is 17.2 Å². The molecule has 2 aromatic rings. The standard InChI is InChI=1S/C14H16FN3OS/c1-3-16-13-12(15)11(4-6-17-13)14(19)18(2)8-10-5-7-20-9-10/h4-7,9H,3,8H2,1-2H3,(H,16,17). The Morgan fingerprint density at radius 2 is 2.30 bits per heavy atom. The normalized spacial score (nSPS) is 10.3. The summed E-state index contributed by atoms with van der Waals surface area (Å²) in [5, 5.41) is 6.72. The second kappa shape index (κ2) is 6.47. The van der Waals surface area contributed by atoms with Gasteiger partial charge >= 0.3 is 0 Å². The molecule has 1 N–H and O–H groups in total. The number of carbonyl (C=O) groups is 1. The molecule has 4 nitrogen and oxygen atoms in total. The number of pyridine rings is 1. The third-order valence-corrected chi connectivity index (χ3v) is 3.54. The van der Waals surface area contributed by atoms with Gasteiger partial charge in [0, 0.05) is 26.3 Å². The van der Waals surface area contributed by atoms with Crippen LogP contribution in [0, 0.1) is 5.82 Å². The summed E-state index contributed by atoms with van der Waals surface area (Å²) in [6, 6.07) is 3.35. The molecule has 6 heteroatoms. The van der Waals surface area contributed by atoms with Gasteiger partial charge in [-0.15, -0.1) is 0 Å². The molecule has 0 aliphatic rings. The van der Waals surface area contributed by atoms with Crippen molar-refractivity contribution in [3.63, 3.8) is 0 Å². The van der Waals surface area contributed by atoms with E-state index >= 15 is 0 Å². The first kappa shape index (κ1) is 14.5. The van der Waals surface area contributed by atoms with Gasteiger partial charge in [-0.1, -0.05) is 0 Å². The van der Waals surface area contributed by atoms with E-state index in [-0.39, 0.29) is 17.3 Å². The monoisotopic (exact) mass is 293 g/mol. The van der Waals surface area contributed by atoms with Crippen LogP contribution in [-0.2, 0) is 6.54 Å². The molecule has 0 radical (unpaired) electrons. The highest BCUT2D eigenvalue weighted by Crippen LogP contribution is 2.17. The fourth-order valence-corrected chi connectivity index (χ4v) is 2.49. The zero-order chi connectivity index (χ0) is 14.5. The van der Waals surface area contributed by atoms with Gasteiger partial charge in [-0.25, -0.2) is 9.37 Å². The van der Waals surface area contributed by atoms with E-state index in [9.17, 15) is 9.18 Å². The largest absolute Gasteiger partial charge is 0.368 e. The summed E-state index contributed by atoms with van der Waals surface area (Å²) in [4.78, 5) is 17.7. The molecule has 0 aliphatic carbocycles. The number of anilines is 1. The summed E-state index contributed by atoms with van der Waals surface area (Å²) >= 11 is 1.57. The number of aromatic nitrogens is 1. The third-order valence-electron chi connectivity index (χ3n) is 2.81. The summed E-state index contributed by atoms with van der Waals surface area (Å²) < 4.78 is 14.2. The topological polar surface area (TPSA) is 45.2 Å². The Kier molecular flexibility index (Phi) is 4.68. The van der Waals surface area contributed by atoms with Crippen molar-refractivity contribution in [2.24, 2.45) is 0 Å². The molecule has 0 unspecified atom stereocenters.